The van der Waals surface area contributed by atoms with Crippen molar-refractivity contribution in [1.29, 1.82) is 0 Å². The molecule has 0 bridgehead atoms. The molecule has 1 saturated heterocycles. The van der Waals surface area contributed by atoms with Crippen LogP contribution in [0, 0.1) is 5.82 Å². The molecule has 0 spiro atoms. The molecule has 132 valence electrons. The molecule has 24 heavy (non-hydrogen) atoms. The number of piperidine rings is 1. The summed E-state index contributed by atoms with van der Waals surface area (Å²) in [6, 6.07) is 6.49. The Balaban J connectivity index is 1.63. The highest BCUT2D eigenvalue weighted by Gasteiger charge is 2.24. The maximum Gasteiger partial charge on any atom is 0.409 e. The van der Waals surface area contributed by atoms with Crippen molar-refractivity contribution in [3.05, 3.63) is 35.6 Å². The summed E-state index contributed by atoms with van der Waals surface area (Å²) >= 11 is 0. The number of hydrogen-bond acceptors (Lipinski definition) is 3. The number of nitrogens with zero attached hydrogens (tertiary/aromatic N) is 1. The van der Waals surface area contributed by atoms with Gasteiger partial charge in [0.2, 0.25) is 5.91 Å². The Bertz CT molecular complexity index is 540. The normalized spacial score (nSPS) is 15.2. The van der Waals surface area contributed by atoms with Crippen LogP contribution in [0.5, 0.6) is 0 Å². The molecule has 0 saturated carbocycles. The van der Waals surface area contributed by atoms with Crippen molar-refractivity contribution in [1.82, 2.24) is 10.2 Å². The van der Waals surface area contributed by atoms with Gasteiger partial charge in [-0.25, -0.2) is 9.18 Å². The molecule has 0 radical (unpaired) electrons. The van der Waals surface area contributed by atoms with Crippen molar-refractivity contribution >= 4 is 12.0 Å². The van der Waals surface area contributed by atoms with Crippen molar-refractivity contribution in [2.24, 2.45) is 0 Å². The first-order chi connectivity index (χ1) is 11.6. The van der Waals surface area contributed by atoms with E-state index in [9.17, 15) is 14.0 Å². The second-order valence-corrected chi connectivity index (χ2v) is 6.01. The van der Waals surface area contributed by atoms with Gasteiger partial charge in [0.25, 0.3) is 0 Å². The van der Waals surface area contributed by atoms with E-state index in [-0.39, 0.29) is 23.9 Å². The minimum absolute atomic E-state index is 0.0340. The fraction of sp³-hybridized carbons (Fsp3) is 0.556. The van der Waals surface area contributed by atoms with Gasteiger partial charge < -0.3 is 15.0 Å². The van der Waals surface area contributed by atoms with Gasteiger partial charge in [0.15, 0.2) is 0 Å². The largest absolute Gasteiger partial charge is 0.450 e. The van der Waals surface area contributed by atoms with Crippen molar-refractivity contribution in [3.63, 3.8) is 0 Å². The van der Waals surface area contributed by atoms with E-state index in [0.29, 0.717) is 26.1 Å². The molecule has 2 amide bonds. The molecule has 2 rings (SSSR count). The molecule has 0 aromatic heterocycles. The summed E-state index contributed by atoms with van der Waals surface area (Å²) in [5, 5.41) is 3.03. The van der Waals surface area contributed by atoms with Gasteiger partial charge in [-0.1, -0.05) is 12.1 Å². The summed E-state index contributed by atoms with van der Waals surface area (Å²) < 4.78 is 17.8. The Morgan fingerprint density at radius 2 is 1.92 bits per heavy atom. The lowest BCUT2D eigenvalue weighted by Gasteiger charge is -2.31. The lowest BCUT2D eigenvalue weighted by atomic mass is 10.0. The Labute approximate surface area is 142 Å². The highest BCUT2D eigenvalue weighted by atomic mass is 19.1. The van der Waals surface area contributed by atoms with Crippen LogP contribution in [0.1, 0.15) is 38.2 Å². The minimum Gasteiger partial charge on any atom is -0.450 e. The smallest absolute Gasteiger partial charge is 0.409 e. The number of benzene rings is 1. The highest BCUT2D eigenvalue weighted by molar-refractivity contribution is 5.76. The van der Waals surface area contributed by atoms with Crippen molar-refractivity contribution in [2.45, 2.75) is 45.1 Å². The van der Waals surface area contributed by atoms with E-state index < -0.39 is 0 Å². The summed E-state index contributed by atoms with van der Waals surface area (Å²) in [7, 11) is 0. The number of ether oxygens (including phenoxy) is 1. The molecular weight excluding hydrogens is 311 g/mol. The van der Waals surface area contributed by atoms with Crippen molar-refractivity contribution in [2.75, 3.05) is 19.7 Å². The lowest BCUT2D eigenvalue weighted by Crippen LogP contribution is -2.46. The van der Waals surface area contributed by atoms with Crippen LogP contribution in [0.25, 0.3) is 0 Å². The van der Waals surface area contributed by atoms with Crippen LogP contribution in [0.2, 0.25) is 0 Å². The molecular formula is C18H25FN2O3. The van der Waals surface area contributed by atoms with E-state index >= 15 is 0 Å². The summed E-state index contributed by atoms with van der Waals surface area (Å²) in [5.41, 5.74) is 1.03. The quantitative estimate of drug-likeness (QED) is 0.869. The number of halogens is 1. The topological polar surface area (TPSA) is 58.6 Å². The number of aryl methyl sites for hydroxylation is 1. The van der Waals surface area contributed by atoms with E-state index in [2.05, 4.69) is 5.32 Å². The molecule has 1 aromatic carbocycles. The lowest BCUT2D eigenvalue weighted by molar-refractivity contribution is -0.122. The molecule has 1 aromatic rings. The van der Waals surface area contributed by atoms with E-state index in [1.54, 1.807) is 24.0 Å². The van der Waals surface area contributed by atoms with E-state index in [1.807, 2.05) is 0 Å². The van der Waals surface area contributed by atoms with Crippen LogP contribution in [0.4, 0.5) is 9.18 Å². The predicted octanol–water partition coefficient (Wildman–Crippen LogP) is 2.89. The van der Waals surface area contributed by atoms with E-state index in [1.165, 1.54) is 12.1 Å². The zero-order chi connectivity index (χ0) is 17.4. The Kier molecular flexibility index (Phi) is 7.03. The fourth-order valence-electron chi connectivity index (χ4n) is 2.83. The first kappa shape index (κ1) is 18.2. The molecule has 0 aliphatic carbocycles. The summed E-state index contributed by atoms with van der Waals surface area (Å²) in [5.74, 6) is -0.211. The number of likely N-dealkylation sites (tertiary alicyclic amines) is 1. The standard InChI is InChI=1S/C18H25FN2O3/c1-2-24-18(23)21-12-10-16(11-13-21)20-17(22)5-3-4-14-6-8-15(19)9-7-14/h6-9,16H,2-5,10-13H2,1H3,(H,20,22). The number of carbonyl (C=O) groups excluding carboxylic acids is 2. The summed E-state index contributed by atoms with van der Waals surface area (Å²) in [6.45, 7) is 3.39. The number of hydrogen-bond donors (Lipinski definition) is 1. The average molecular weight is 336 g/mol. The molecule has 1 aliphatic rings. The van der Waals surface area contributed by atoms with Gasteiger partial charge in [-0.15, -0.1) is 0 Å². The van der Waals surface area contributed by atoms with Crippen LogP contribution in [-0.2, 0) is 16.0 Å². The van der Waals surface area contributed by atoms with E-state index in [0.717, 1.165) is 31.2 Å². The first-order valence-electron chi connectivity index (χ1n) is 8.54. The fourth-order valence-corrected chi connectivity index (χ4v) is 2.83. The summed E-state index contributed by atoms with van der Waals surface area (Å²) in [6.07, 6.45) is 3.18. The molecule has 1 fully saturated rings. The average Bonchev–Trinajstić information content (AvgIpc) is 2.57. The minimum atomic E-state index is -0.276. The third-order valence-corrected chi connectivity index (χ3v) is 4.17. The number of rotatable bonds is 6. The molecule has 1 aliphatic heterocycles. The van der Waals surface area contributed by atoms with Gasteiger partial charge in [-0.2, -0.15) is 0 Å². The predicted molar refractivity (Wildman–Crippen MR) is 89.1 cm³/mol. The SMILES string of the molecule is CCOC(=O)N1CCC(NC(=O)CCCc2ccc(F)cc2)CC1. The van der Waals surface area contributed by atoms with Gasteiger partial charge in [0.05, 0.1) is 6.61 Å². The maximum atomic E-state index is 12.8. The number of carbonyl (C=O) groups is 2. The first-order valence-corrected chi connectivity index (χ1v) is 8.54. The molecule has 1 heterocycles. The monoisotopic (exact) mass is 336 g/mol. The van der Waals surface area contributed by atoms with Crippen LogP contribution < -0.4 is 5.32 Å². The highest BCUT2D eigenvalue weighted by Crippen LogP contribution is 2.12. The zero-order valence-electron chi connectivity index (χ0n) is 14.1. The molecule has 6 heteroatoms. The summed E-state index contributed by atoms with van der Waals surface area (Å²) in [4.78, 5) is 25.3. The Morgan fingerprint density at radius 3 is 2.54 bits per heavy atom. The van der Waals surface area contributed by atoms with Gasteiger partial charge in [-0.05, 0) is 50.3 Å². The second kappa shape index (κ2) is 9.25. The number of amides is 2. The molecule has 0 atom stereocenters. The van der Waals surface area contributed by atoms with Gasteiger partial charge in [0, 0.05) is 25.6 Å². The van der Waals surface area contributed by atoms with Gasteiger partial charge in [-0.3, -0.25) is 4.79 Å². The molecule has 1 N–H and O–H groups in total. The van der Waals surface area contributed by atoms with Gasteiger partial charge in [0.1, 0.15) is 5.82 Å². The molecule has 0 unspecified atom stereocenters. The van der Waals surface area contributed by atoms with Gasteiger partial charge >= 0.3 is 6.09 Å². The molecule has 5 nitrogen and oxygen atoms in total. The third kappa shape index (κ3) is 5.83. The zero-order valence-corrected chi connectivity index (χ0v) is 14.1. The third-order valence-electron chi connectivity index (χ3n) is 4.17. The van der Waals surface area contributed by atoms with Crippen LogP contribution in [0.15, 0.2) is 24.3 Å². The van der Waals surface area contributed by atoms with Crippen LogP contribution in [0.3, 0.4) is 0 Å². The van der Waals surface area contributed by atoms with Crippen LogP contribution >= 0.6 is 0 Å². The maximum absolute atomic E-state index is 12.8. The Hall–Kier alpha value is -2.11. The van der Waals surface area contributed by atoms with Crippen molar-refractivity contribution in [3.8, 4) is 0 Å². The number of nitrogens with one attached hydrogen (secondary N) is 1. The van der Waals surface area contributed by atoms with E-state index in [4.69, 9.17) is 4.74 Å². The van der Waals surface area contributed by atoms with Crippen LogP contribution in [-0.4, -0.2) is 42.6 Å². The second-order valence-electron chi connectivity index (χ2n) is 6.01. The Morgan fingerprint density at radius 1 is 1.25 bits per heavy atom. The van der Waals surface area contributed by atoms with Crippen molar-refractivity contribution < 1.29 is 18.7 Å².